The topological polar surface area (TPSA) is 75.5 Å². The molecule has 1 aliphatic rings. The van der Waals surface area contributed by atoms with Crippen LogP contribution in [0.1, 0.15) is 75.7 Å². The summed E-state index contributed by atoms with van der Waals surface area (Å²) in [6.45, 7) is 13.5. The van der Waals surface area contributed by atoms with Gasteiger partial charge in [-0.1, -0.05) is 26.8 Å². The van der Waals surface area contributed by atoms with E-state index in [1.165, 1.54) is 16.5 Å². The van der Waals surface area contributed by atoms with Crippen LogP contribution in [0.5, 0.6) is 5.88 Å². The van der Waals surface area contributed by atoms with E-state index in [2.05, 4.69) is 64.1 Å². The lowest BCUT2D eigenvalue weighted by molar-refractivity contribution is -0.120. The number of H-pyrrole nitrogens is 1. The summed E-state index contributed by atoms with van der Waals surface area (Å²) in [5, 5.41) is 5.79. The molecule has 0 aliphatic carbocycles. The van der Waals surface area contributed by atoms with E-state index >= 15 is 0 Å². The number of benzene rings is 1. The molecular formula is C29H37N5O2. The molecule has 4 heterocycles. The molecule has 0 amide bonds. The number of ether oxygens (including phenoxy) is 1. The number of aryl methyl sites for hydroxylation is 1. The number of nitrogens with one attached hydrogen (secondary N) is 1. The molecule has 0 spiro atoms. The zero-order chi connectivity index (χ0) is 25.4. The number of aromatic nitrogens is 4. The Labute approximate surface area is 212 Å². The van der Waals surface area contributed by atoms with Gasteiger partial charge >= 0.3 is 0 Å². The molecule has 0 unspecified atom stereocenters. The quantitative estimate of drug-likeness (QED) is 0.337. The fraction of sp³-hybridized carbons (Fsp3) is 0.483. The Morgan fingerprint density at radius 2 is 1.94 bits per heavy atom. The van der Waals surface area contributed by atoms with E-state index in [4.69, 9.17) is 4.74 Å². The van der Waals surface area contributed by atoms with E-state index in [9.17, 15) is 4.79 Å². The van der Waals surface area contributed by atoms with E-state index in [0.717, 1.165) is 54.2 Å². The third kappa shape index (κ3) is 4.64. The maximum absolute atomic E-state index is 11.9. The summed E-state index contributed by atoms with van der Waals surface area (Å²) in [5.41, 5.74) is 6.84. The molecule has 1 aromatic carbocycles. The Balaban J connectivity index is 1.51. The Morgan fingerprint density at radius 1 is 1.17 bits per heavy atom. The van der Waals surface area contributed by atoms with Crippen LogP contribution >= 0.6 is 0 Å². The molecule has 1 fully saturated rings. The van der Waals surface area contributed by atoms with Gasteiger partial charge in [0.1, 0.15) is 11.6 Å². The number of nitrogens with zero attached hydrogens (tertiary/aromatic N) is 4. The number of aromatic amines is 1. The van der Waals surface area contributed by atoms with Gasteiger partial charge in [-0.15, -0.1) is 5.10 Å². The number of ketones is 1. The molecule has 1 aliphatic heterocycles. The van der Waals surface area contributed by atoms with Gasteiger partial charge in [0.2, 0.25) is 5.88 Å². The SMILES string of the molecule is CCOc1cc(-c2[nH]c3ccc(C4CCN(CC(=O)CC)CC4)cc3c2C(C)C)cc2nc(C)nn12. The van der Waals surface area contributed by atoms with Gasteiger partial charge in [0, 0.05) is 29.0 Å². The van der Waals surface area contributed by atoms with E-state index < -0.39 is 0 Å². The van der Waals surface area contributed by atoms with E-state index in [0.29, 0.717) is 43.1 Å². The van der Waals surface area contributed by atoms with Crippen molar-refractivity contribution in [2.24, 2.45) is 0 Å². The van der Waals surface area contributed by atoms with Crippen molar-refractivity contribution >= 4 is 22.3 Å². The summed E-state index contributed by atoms with van der Waals surface area (Å²) >= 11 is 0. The van der Waals surface area contributed by atoms with Crippen molar-refractivity contribution in [3.8, 4) is 17.1 Å². The van der Waals surface area contributed by atoms with Crippen molar-refractivity contribution in [2.45, 2.75) is 65.7 Å². The molecule has 36 heavy (non-hydrogen) atoms. The summed E-state index contributed by atoms with van der Waals surface area (Å²) in [6.07, 6.45) is 2.81. The second kappa shape index (κ2) is 10.1. The van der Waals surface area contributed by atoms with Crippen LogP contribution < -0.4 is 4.74 Å². The average molecular weight is 488 g/mol. The maximum Gasteiger partial charge on any atom is 0.217 e. The third-order valence-corrected chi connectivity index (χ3v) is 7.38. The lowest BCUT2D eigenvalue weighted by Crippen LogP contribution is -2.36. The molecule has 4 aromatic rings. The van der Waals surface area contributed by atoms with Gasteiger partial charge in [0.05, 0.1) is 18.8 Å². The number of carbonyl (C=O) groups excluding carboxylic acids is 1. The molecule has 0 bridgehead atoms. The molecule has 3 aromatic heterocycles. The lowest BCUT2D eigenvalue weighted by atomic mass is 9.87. The standard InChI is InChI=1S/C29H37N5O2/c1-6-23(35)17-33-12-10-20(11-13-33)21-8-9-25-24(14-21)28(18(3)4)29(31-25)22-15-26-30-19(5)32-34(26)27(16-22)36-7-2/h8-9,14-16,18,20,31H,6-7,10-13,17H2,1-5H3. The number of likely N-dealkylation sites (tertiary alicyclic amines) is 1. The van der Waals surface area contributed by atoms with Gasteiger partial charge in [-0.25, -0.2) is 4.98 Å². The van der Waals surface area contributed by atoms with Gasteiger partial charge in [-0.05, 0) is 80.9 Å². The van der Waals surface area contributed by atoms with Crippen molar-refractivity contribution in [3.05, 3.63) is 47.3 Å². The highest BCUT2D eigenvalue weighted by Crippen LogP contribution is 2.39. The van der Waals surface area contributed by atoms with Crippen LogP contribution in [0.2, 0.25) is 0 Å². The number of hydrogen-bond acceptors (Lipinski definition) is 5. The first-order chi connectivity index (χ1) is 17.4. The molecule has 0 saturated carbocycles. The van der Waals surface area contributed by atoms with Gasteiger partial charge in [0.15, 0.2) is 5.65 Å². The summed E-state index contributed by atoms with van der Waals surface area (Å²) in [6, 6.07) is 11.1. The largest absolute Gasteiger partial charge is 0.478 e. The van der Waals surface area contributed by atoms with Crippen molar-refractivity contribution in [2.75, 3.05) is 26.2 Å². The molecule has 0 atom stereocenters. The Hall–Kier alpha value is -3.19. The highest BCUT2D eigenvalue weighted by Gasteiger charge is 2.24. The molecule has 1 saturated heterocycles. The number of fused-ring (bicyclic) bond motifs is 2. The van der Waals surface area contributed by atoms with Crippen molar-refractivity contribution in [1.29, 1.82) is 0 Å². The molecular weight excluding hydrogens is 450 g/mol. The summed E-state index contributed by atoms with van der Waals surface area (Å²) in [7, 11) is 0. The Morgan fingerprint density at radius 3 is 2.64 bits per heavy atom. The number of carbonyl (C=O) groups is 1. The highest BCUT2D eigenvalue weighted by molar-refractivity contribution is 5.92. The van der Waals surface area contributed by atoms with Crippen LogP contribution in [0.15, 0.2) is 30.3 Å². The van der Waals surface area contributed by atoms with Crippen LogP contribution in [-0.4, -0.2) is 56.5 Å². The van der Waals surface area contributed by atoms with Crippen LogP contribution in [0, 0.1) is 6.92 Å². The molecule has 0 radical (unpaired) electrons. The second-order valence-corrected chi connectivity index (χ2v) is 10.3. The number of piperidine rings is 1. The van der Waals surface area contributed by atoms with Crippen LogP contribution in [0.3, 0.4) is 0 Å². The number of pyridine rings is 1. The summed E-state index contributed by atoms with van der Waals surface area (Å²) in [5.74, 6) is 2.64. The predicted octanol–water partition coefficient (Wildman–Crippen LogP) is 5.87. The van der Waals surface area contributed by atoms with Crippen molar-refractivity contribution < 1.29 is 9.53 Å². The van der Waals surface area contributed by atoms with Crippen LogP contribution in [0.25, 0.3) is 27.8 Å². The minimum absolute atomic E-state index is 0.336. The number of Topliss-reactive ketones (excluding diaryl/α,β-unsaturated/α-hetero) is 1. The lowest BCUT2D eigenvalue weighted by Gasteiger charge is -2.31. The van der Waals surface area contributed by atoms with Crippen molar-refractivity contribution in [3.63, 3.8) is 0 Å². The molecule has 7 nitrogen and oxygen atoms in total. The zero-order valence-electron chi connectivity index (χ0n) is 22.1. The summed E-state index contributed by atoms with van der Waals surface area (Å²) in [4.78, 5) is 22.5. The van der Waals surface area contributed by atoms with Gasteiger partial charge in [0.25, 0.3) is 0 Å². The smallest absolute Gasteiger partial charge is 0.217 e. The first kappa shape index (κ1) is 24.5. The first-order valence-corrected chi connectivity index (χ1v) is 13.3. The normalized spacial score (nSPS) is 15.4. The van der Waals surface area contributed by atoms with Gasteiger partial charge in [-0.3, -0.25) is 9.69 Å². The summed E-state index contributed by atoms with van der Waals surface area (Å²) < 4.78 is 7.71. The van der Waals surface area contributed by atoms with Gasteiger partial charge < -0.3 is 9.72 Å². The van der Waals surface area contributed by atoms with Gasteiger partial charge in [-0.2, -0.15) is 4.52 Å². The van der Waals surface area contributed by atoms with E-state index in [-0.39, 0.29) is 0 Å². The highest BCUT2D eigenvalue weighted by atomic mass is 16.5. The van der Waals surface area contributed by atoms with Crippen LogP contribution in [-0.2, 0) is 4.79 Å². The predicted molar refractivity (Wildman–Crippen MR) is 144 cm³/mol. The van der Waals surface area contributed by atoms with Crippen LogP contribution in [0.4, 0.5) is 0 Å². The Bertz CT molecular complexity index is 1390. The Kier molecular flexibility index (Phi) is 6.84. The zero-order valence-corrected chi connectivity index (χ0v) is 22.1. The van der Waals surface area contributed by atoms with Crippen molar-refractivity contribution in [1.82, 2.24) is 24.5 Å². The fourth-order valence-corrected chi connectivity index (χ4v) is 5.55. The monoisotopic (exact) mass is 487 g/mol. The first-order valence-electron chi connectivity index (χ1n) is 13.3. The number of rotatable bonds is 8. The minimum Gasteiger partial charge on any atom is -0.478 e. The van der Waals surface area contributed by atoms with E-state index in [1.54, 1.807) is 4.52 Å². The number of hydrogen-bond donors (Lipinski definition) is 1. The second-order valence-electron chi connectivity index (χ2n) is 10.3. The molecule has 5 rings (SSSR count). The maximum atomic E-state index is 11.9. The van der Waals surface area contributed by atoms with E-state index in [1.807, 2.05) is 20.8 Å². The minimum atomic E-state index is 0.336. The third-order valence-electron chi connectivity index (χ3n) is 7.38. The molecule has 7 heteroatoms. The fourth-order valence-electron chi connectivity index (χ4n) is 5.55. The molecule has 1 N–H and O–H groups in total. The average Bonchev–Trinajstić information content (AvgIpc) is 3.44. The molecule has 190 valence electrons.